The highest BCUT2D eigenvalue weighted by atomic mass is 32.2. The molecule has 1 amide bonds. The number of hydrogen-bond donors (Lipinski definition) is 2. The molecule has 0 radical (unpaired) electrons. The van der Waals surface area contributed by atoms with Crippen molar-refractivity contribution in [3.8, 4) is 5.75 Å². The fraction of sp³-hybridized carbons (Fsp3) is 0.136. The van der Waals surface area contributed by atoms with Crippen molar-refractivity contribution in [1.29, 1.82) is 0 Å². The van der Waals surface area contributed by atoms with E-state index in [1.807, 2.05) is 6.92 Å². The molecule has 0 bridgehead atoms. The maximum atomic E-state index is 12.7. The van der Waals surface area contributed by atoms with Crippen LogP contribution in [0.3, 0.4) is 0 Å². The Labute approximate surface area is 170 Å². The van der Waals surface area contributed by atoms with E-state index in [1.165, 1.54) is 0 Å². The topological polar surface area (TPSA) is 84.5 Å². The predicted molar refractivity (Wildman–Crippen MR) is 114 cm³/mol. The summed E-state index contributed by atoms with van der Waals surface area (Å²) in [5.41, 5.74) is 2.04. The number of carbonyl (C=O) groups excluding carboxylic acids is 1. The molecule has 3 aromatic rings. The third-order valence-corrected chi connectivity index (χ3v) is 5.79. The monoisotopic (exact) mass is 410 g/mol. The summed E-state index contributed by atoms with van der Waals surface area (Å²) in [5.74, 6) is 0.250. The zero-order valence-electron chi connectivity index (χ0n) is 16.2. The number of aryl methyl sites for hydroxylation is 1. The van der Waals surface area contributed by atoms with Gasteiger partial charge in [-0.25, -0.2) is 8.42 Å². The Balaban J connectivity index is 1.82. The minimum Gasteiger partial charge on any atom is -0.497 e. The molecule has 0 saturated carbocycles. The number of para-hydroxylation sites is 1. The molecule has 2 N–H and O–H groups in total. The van der Waals surface area contributed by atoms with Gasteiger partial charge in [-0.15, -0.1) is 0 Å². The minimum atomic E-state index is -3.82. The van der Waals surface area contributed by atoms with Crippen LogP contribution in [0, 0.1) is 0 Å². The van der Waals surface area contributed by atoms with E-state index in [0.29, 0.717) is 11.4 Å². The van der Waals surface area contributed by atoms with Gasteiger partial charge >= 0.3 is 0 Å². The first-order valence-electron chi connectivity index (χ1n) is 9.09. The summed E-state index contributed by atoms with van der Waals surface area (Å²) in [7, 11) is -2.26. The Kier molecular flexibility index (Phi) is 6.19. The lowest BCUT2D eigenvalue weighted by Gasteiger charge is -2.13. The van der Waals surface area contributed by atoms with E-state index < -0.39 is 15.9 Å². The van der Waals surface area contributed by atoms with E-state index in [4.69, 9.17) is 4.74 Å². The number of nitrogens with one attached hydrogen (secondary N) is 2. The van der Waals surface area contributed by atoms with Gasteiger partial charge in [-0.1, -0.05) is 31.2 Å². The first-order chi connectivity index (χ1) is 13.9. The number of rotatable bonds is 7. The Morgan fingerprint density at radius 1 is 0.931 bits per heavy atom. The molecule has 0 aliphatic rings. The molecule has 150 valence electrons. The second-order valence-corrected chi connectivity index (χ2v) is 8.01. The highest BCUT2D eigenvalue weighted by molar-refractivity contribution is 7.92. The SMILES string of the molecule is CCc1ccc(S(=O)(=O)Nc2ccccc2C(=O)Nc2ccc(OC)cc2)cc1. The molecular formula is C22H22N2O4S. The number of ether oxygens (including phenoxy) is 1. The molecule has 3 rings (SSSR count). The van der Waals surface area contributed by atoms with Crippen molar-refractivity contribution < 1.29 is 17.9 Å². The number of benzene rings is 3. The highest BCUT2D eigenvalue weighted by Gasteiger charge is 2.18. The van der Waals surface area contributed by atoms with Crippen molar-refractivity contribution in [2.45, 2.75) is 18.2 Å². The second kappa shape index (κ2) is 8.79. The minimum absolute atomic E-state index is 0.139. The van der Waals surface area contributed by atoms with Gasteiger partial charge < -0.3 is 10.1 Å². The van der Waals surface area contributed by atoms with Crippen LogP contribution in [0.5, 0.6) is 5.75 Å². The normalized spacial score (nSPS) is 11.0. The standard InChI is InChI=1S/C22H22N2O4S/c1-3-16-8-14-19(15-9-16)29(26,27)24-21-7-5-4-6-20(21)22(25)23-17-10-12-18(28-2)13-11-17/h4-15,24H,3H2,1-2H3,(H,23,25). The third kappa shape index (κ3) is 4.94. The maximum Gasteiger partial charge on any atom is 0.261 e. The summed E-state index contributed by atoms with van der Waals surface area (Å²) in [6, 6.07) is 20.0. The van der Waals surface area contributed by atoms with Crippen molar-refractivity contribution in [3.05, 3.63) is 83.9 Å². The van der Waals surface area contributed by atoms with Crippen molar-refractivity contribution in [2.75, 3.05) is 17.1 Å². The largest absolute Gasteiger partial charge is 0.497 e. The van der Waals surface area contributed by atoms with E-state index in [0.717, 1.165) is 12.0 Å². The van der Waals surface area contributed by atoms with Gasteiger partial charge in [0.1, 0.15) is 5.75 Å². The number of amides is 1. The Morgan fingerprint density at radius 2 is 1.59 bits per heavy atom. The van der Waals surface area contributed by atoms with E-state index >= 15 is 0 Å². The van der Waals surface area contributed by atoms with Crippen molar-refractivity contribution in [2.24, 2.45) is 0 Å². The van der Waals surface area contributed by atoms with E-state index in [9.17, 15) is 13.2 Å². The number of methoxy groups -OCH3 is 1. The van der Waals surface area contributed by atoms with Crippen LogP contribution < -0.4 is 14.8 Å². The number of hydrogen-bond acceptors (Lipinski definition) is 4. The zero-order chi connectivity index (χ0) is 20.9. The lowest BCUT2D eigenvalue weighted by atomic mass is 10.1. The Bertz CT molecular complexity index is 1090. The van der Waals surface area contributed by atoms with Gasteiger partial charge in [-0.3, -0.25) is 9.52 Å². The molecule has 0 aliphatic heterocycles. The molecule has 0 aliphatic carbocycles. The zero-order valence-corrected chi connectivity index (χ0v) is 17.0. The Hall–Kier alpha value is -3.32. The fourth-order valence-electron chi connectivity index (χ4n) is 2.75. The average Bonchev–Trinajstić information content (AvgIpc) is 2.74. The summed E-state index contributed by atoms with van der Waals surface area (Å²) < 4.78 is 33.1. The molecular weight excluding hydrogens is 388 g/mol. The molecule has 0 heterocycles. The van der Waals surface area contributed by atoms with Gasteiger partial charge in [0.2, 0.25) is 0 Å². The average molecular weight is 410 g/mol. The third-order valence-electron chi connectivity index (χ3n) is 4.41. The van der Waals surface area contributed by atoms with Crippen LogP contribution in [-0.2, 0) is 16.4 Å². The van der Waals surface area contributed by atoms with Gasteiger partial charge in [0, 0.05) is 5.69 Å². The molecule has 29 heavy (non-hydrogen) atoms. The number of carbonyl (C=O) groups is 1. The summed E-state index contributed by atoms with van der Waals surface area (Å²) >= 11 is 0. The summed E-state index contributed by atoms with van der Waals surface area (Å²) in [6.45, 7) is 2.00. The van der Waals surface area contributed by atoms with Crippen LogP contribution in [0.1, 0.15) is 22.8 Å². The Morgan fingerprint density at radius 3 is 2.21 bits per heavy atom. The van der Waals surface area contributed by atoms with Gasteiger partial charge in [-0.05, 0) is 60.5 Å². The lowest BCUT2D eigenvalue weighted by molar-refractivity contribution is 0.102. The number of anilines is 2. The van der Waals surface area contributed by atoms with E-state index in [1.54, 1.807) is 79.9 Å². The molecule has 0 unspecified atom stereocenters. The quantitative estimate of drug-likeness (QED) is 0.608. The molecule has 0 atom stereocenters. The van der Waals surface area contributed by atoms with Crippen LogP contribution in [0.4, 0.5) is 11.4 Å². The van der Waals surface area contributed by atoms with Gasteiger partial charge in [-0.2, -0.15) is 0 Å². The molecule has 7 heteroatoms. The smallest absolute Gasteiger partial charge is 0.261 e. The number of sulfonamides is 1. The maximum absolute atomic E-state index is 12.7. The highest BCUT2D eigenvalue weighted by Crippen LogP contribution is 2.22. The molecule has 0 aromatic heterocycles. The van der Waals surface area contributed by atoms with Crippen molar-refractivity contribution >= 4 is 27.3 Å². The fourth-order valence-corrected chi connectivity index (χ4v) is 3.83. The second-order valence-electron chi connectivity index (χ2n) is 6.33. The van der Waals surface area contributed by atoms with Gasteiger partial charge in [0.15, 0.2) is 0 Å². The van der Waals surface area contributed by atoms with Crippen LogP contribution in [0.25, 0.3) is 0 Å². The first kappa shape index (κ1) is 20.4. The van der Waals surface area contributed by atoms with Crippen LogP contribution >= 0.6 is 0 Å². The molecule has 6 nitrogen and oxygen atoms in total. The lowest BCUT2D eigenvalue weighted by Crippen LogP contribution is -2.18. The summed E-state index contributed by atoms with van der Waals surface area (Å²) in [4.78, 5) is 12.9. The molecule has 0 spiro atoms. The molecule has 3 aromatic carbocycles. The van der Waals surface area contributed by atoms with Crippen molar-refractivity contribution in [3.63, 3.8) is 0 Å². The van der Waals surface area contributed by atoms with Crippen LogP contribution in [-0.4, -0.2) is 21.4 Å². The van der Waals surface area contributed by atoms with E-state index in [-0.39, 0.29) is 16.1 Å². The van der Waals surface area contributed by atoms with Crippen molar-refractivity contribution in [1.82, 2.24) is 0 Å². The molecule has 0 fully saturated rings. The van der Waals surface area contributed by atoms with Gasteiger partial charge in [0.25, 0.3) is 15.9 Å². The van der Waals surface area contributed by atoms with E-state index in [2.05, 4.69) is 10.0 Å². The summed E-state index contributed by atoms with van der Waals surface area (Å²) in [6.07, 6.45) is 0.822. The summed E-state index contributed by atoms with van der Waals surface area (Å²) in [5, 5.41) is 2.76. The van der Waals surface area contributed by atoms with Crippen LogP contribution in [0.15, 0.2) is 77.7 Å². The molecule has 0 saturated heterocycles. The first-order valence-corrected chi connectivity index (χ1v) is 10.6. The van der Waals surface area contributed by atoms with Crippen LogP contribution in [0.2, 0.25) is 0 Å². The predicted octanol–water partition coefficient (Wildman–Crippen LogP) is 4.31. The van der Waals surface area contributed by atoms with Gasteiger partial charge in [0.05, 0.1) is 23.3 Å².